The third kappa shape index (κ3) is 3.41. The summed E-state index contributed by atoms with van der Waals surface area (Å²) in [6, 6.07) is 1.74. The van der Waals surface area contributed by atoms with Gasteiger partial charge >= 0.3 is 0 Å². The number of halogens is 1. The maximum Gasteiger partial charge on any atom is 0.253 e. The molecule has 2 rings (SSSR count). The van der Waals surface area contributed by atoms with E-state index in [0.29, 0.717) is 12.1 Å². The third-order valence-electron chi connectivity index (χ3n) is 2.73. The molecule has 0 atom stereocenters. The van der Waals surface area contributed by atoms with E-state index in [2.05, 4.69) is 31.3 Å². The van der Waals surface area contributed by atoms with Crippen molar-refractivity contribution >= 4 is 21.8 Å². The molecular formula is C13H15BrN4O. The predicted molar refractivity (Wildman–Crippen MR) is 75.7 cm³/mol. The summed E-state index contributed by atoms with van der Waals surface area (Å²) in [5, 5.41) is 7.22. The van der Waals surface area contributed by atoms with Crippen molar-refractivity contribution in [3.63, 3.8) is 0 Å². The lowest BCUT2D eigenvalue weighted by molar-refractivity contribution is 0.0950. The molecule has 1 N–H and O–H groups in total. The van der Waals surface area contributed by atoms with Gasteiger partial charge in [0.15, 0.2) is 0 Å². The quantitative estimate of drug-likeness (QED) is 0.937. The first-order chi connectivity index (χ1) is 9.10. The van der Waals surface area contributed by atoms with Crippen molar-refractivity contribution in [2.45, 2.75) is 19.9 Å². The number of aryl methyl sites for hydroxylation is 2. The van der Waals surface area contributed by atoms with Crippen LogP contribution in [0.15, 0.2) is 29.1 Å². The van der Waals surface area contributed by atoms with Crippen molar-refractivity contribution in [1.29, 1.82) is 0 Å². The Bertz CT molecular complexity index is 594. The molecule has 6 heteroatoms. The first kappa shape index (κ1) is 13.7. The Hall–Kier alpha value is -1.69. The molecule has 2 aromatic rings. The molecule has 5 nitrogen and oxygen atoms in total. The molecule has 0 aliphatic heterocycles. The number of hydrogen-bond acceptors (Lipinski definition) is 3. The topological polar surface area (TPSA) is 59.8 Å². The lowest BCUT2D eigenvalue weighted by Crippen LogP contribution is -2.23. The van der Waals surface area contributed by atoms with Crippen LogP contribution in [0.25, 0.3) is 0 Å². The second-order valence-corrected chi connectivity index (χ2v) is 5.12. The Balaban J connectivity index is 2.04. The minimum atomic E-state index is -0.139. The highest BCUT2D eigenvalue weighted by molar-refractivity contribution is 9.10. The molecule has 0 aliphatic carbocycles. The van der Waals surface area contributed by atoms with Crippen LogP contribution in [0.2, 0.25) is 0 Å². The third-order valence-corrected chi connectivity index (χ3v) is 3.17. The van der Waals surface area contributed by atoms with Crippen LogP contribution in [0.3, 0.4) is 0 Å². The fraction of sp³-hybridized carbons (Fsp3) is 0.308. The van der Waals surface area contributed by atoms with E-state index in [0.717, 1.165) is 22.2 Å². The molecule has 0 unspecified atom stereocenters. The van der Waals surface area contributed by atoms with Crippen LogP contribution in [0.4, 0.5) is 0 Å². The molecule has 2 heterocycles. The summed E-state index contributed by atoms with van der Waals surface area (Å²) < 4.78 is 2.55. The summed E-state index contributed by atoms with van der Waals surface area (Å²) in [4.78, 5) is 16.0. The second-order valence-electron chi connectivity index (χ2n) is 4.20. The van der Waals surface area contributed by atoms with E-state index in [1.54, 1.807) is 23.1 Å². The molecular weight excluding hydrogens is 308 g/mol. The van der Waals surface area contributed by atoms with E-state index in [9.17, 15) is 4.79 Å². The lowest BCUT2D eigenvalue weighted by Gasteiger charge is -2.04. The zero-order valence-electron chi connectivity index (χ0n) is 10.9. The largest absolute Gasteiger partial charge is 0.348 e. The number of carbonyl (C=O) groups is 1. The van der Waals surface area contributed by atoms with Crippen molar-refractivity contribution in [3.8, 4) is 0 Å². The van der Waals surface area contributed by atoms with E-state index in [4.69, 9.17) is 0 Å². The molecule has 2 aromatic heterocycles. The number of amides is 1. The van der Waals surface area contributed by atoms with Crippen LogP contribution < -0.4 is 5.32 Å². The van der Waals surface area contributed by atoms with Gasteiger partial charge in [0.25, 0.3) is 5.91 Å². The van der Waals surface area contributed by atoms with Crippen LogP contribution in [0.1, 0.15) is 28.5 Å². The summed E-state index contributed by atoms with van der Waals surface area (Å²) >= 11 is 3.30. The van der Waals surface area contributed by atoms with E-state index >= 15 is 0 Å². The highest BCUT2D eigenvalue weighted by Gasteiger charge is 2.09. The number of nitrogens with zero attached hydrogens (tertiary/aromatic N) is 3. The molecule has 0 fully saturated rings. The van der Waals surface area contributed by atoms with Gasteiger partial charge in [0.05, 0.1) is 11.3 Å². The molecule has 0 aliphatic rings. The Morgan fingerprint density at radius 1 is 1.47 bits per heavy atom. The summed E-state index contributed by atoms with van der Waals surface area (Å²) in [6.07, 6.45) is 5.97. The van der Waals surface area contributed by atoms with E-state index in [1.807, 2.05) is 20.2 Å². The molecule has 19 heavy (non-hydrogen) atoms. The summed E-state index contributed by atoms with van der Waals surface area (Å²) in [5.74, 6) is -0.139. The average Bonchev–Trinajstić information content (AvgIpc) is 2.76. The van der Waals surface area contributed by atoms with Gasteiger partial charge in [-0.15, -0.1) is 0 Å². The number of rotatable bonds is 4. The van der Waals surface area contributed by atoms with Gasteiger partial charge in [-0.2, -0.15) is 5.10 Å². The van der Waals surface area contributed by atoms with Crippen LogP contribution in [0, 0.1) is 0 Å². The summed E-state index contributed by atoms with van der Waals surface area (Å²) in [7, 11) is 1.88. The zero-order chi connectivity index (χ0) is 13.8. The molecule has 0 saturated carbocycles. The normalized spacial score (nSPS) is 10.5. The molecule has 0 bridgehead atoms. The van der Waals surface area contributed by atoms with Gasteiger partial charge < -0.3 is 5.32 Å². The SMILES string of the molecule is CCc1nn(C)cc1CNC(=O)c1cncc(Br)c1. The van der Waals surface area contributed by atoms with Crippen molar-refractivity contribution in [1.82, 2.24) is 20.1 Å². The van der Waals surface area contributed by atoms with Gasteiger partial charge in [-0.1, -0.05) is 6.92 Å². The summed E-state index contributed by atoms with van der Waals surface area (Å²) in [5.41, 5.74) is 2.59. The number of carbonyl (C=O) groups excluding carboxylic acids is 1. The van der Waals surface area contributed by atoms with Crippen LogP contribution in [0.5, 0.6) is 0 Å². The molecule has 0 aromatic carbocycles. The van der Waals surface area contributed by atoms with Gasteiger partial charge in [0, 0.05) is 42.2 Å². The molecule has 0 radical (unpaired) electrons. The predicted octanol–water partition coefficient (Wildman–Crippen LogP) is 2.07. The Kier molecular flexibility index (Phi) is 4.31. The number of nitrogens with one attached hydrogen (secondary N) is 1. The first-order valence-electron chi connectivity index (χ1n) is 6.00. The minimum absolute atomic E-state index is 0.139. The van der Waals surface area contributed by atoms with E-state index in [-0.39, 0.29) is 5.91 Å². The fourth-order valence-corrected chi connectivity index (χ4v) is 2.21. The van der Waals surface area contributed by atoms with Crippen molar-refractivity contribution in [3.05, 3.63) is 46.0 Å². The van der Waals surface area contributed by atoms with E-state index < -0.39 is 0 Å². The van der Waals surface area contributed by atoms with Gasteiger partial charge in [-0.3, -0.25) is 14.5 Å². The Morgan fingerprint density at radius 2 is 2.26 bits per heavy atom. The van der Waals surface area contributed by atoms with Crippen LogP contribution in [-0.4, -0.2) is 20.7 Å². The Labute approximate surface area is 120 Å². The molecule has 0 saturated heterocycles. The number of pyridine rings is 1. The van der Waals surface area contributed by atoms with Gasteiger partial charge in [0.1, 0.15) is 0 Å². The summed E-state index contributed by atoms with van der Waals surface area (Å²) in [6.45, 7) is 2.52. The fourth-order valence-electron chi connectivity index (χ4n) is 1.84. The molecule has 1 amide bonds. The minimum Gasteiger partial charge on any atom is -0.348 e. The molecule has 0 spiro atoms. The highest BCUT2D eigenvalue weighted by Crippen LogP contribution is 2.10. The number of hydrogen-bond donors (Lipinski definition) is 1. The van der Waals surface area contributed by atoms with E-state index in [1.165, 1.54) is 0 Å². The van der Waals surface area contributed by atoms with Crippen molar-refractivity contribution in [2.24, 2.45) is 7.05 Å². The monoisotopic (exact) mass is 322 g/mol. The van der Waals surface area contributed by atoms with Crippen LogP contribution >= 0.6 is 15.9 Å². The standard InChI is InChI=1S/C13H15BrN4O/c1-3-12-10(8-18(2)17-12)6-16-13(19)9-4-11(14)7-15-5-9/h4-5,7-8H,3,6H2,1-2H3,(H,16,19). The maximum atomic E-state index is 12.0. The van der Waals surface area contributed by atoms with Crippen molar-refractivity contribution in [2.75, 3.05) is 0 Å². The smallest absolute Gasteiger partial charge is 0.253 e. The zero-order valence-corrected chi connectivity index (χ0v) is 12.4. The van der Waals surface area contributed by atoms with Crippen molar-refractivity contribution < 1.29 is 4.79 Å². The van der Waals surface area contributed by atoms with Gasteiger partial charge in [0.2, 0.25) is 0 Å². The molecule has 100 valence electrons. The lowest BCUT2D eigenvalue weighted by atomic mass is 10.2. The van der Waals surface area contributed by atoms with Gasteiger partial charge in [-0.05, 0) is 28.4 Å². The maximum absolute atomic E-state index is 12.0. The average molecular weight is 323 g/mol. The van der Waals surface area contributed by atoms with Gasteiger partial charge in [-0.25, -0.2) is 0 Å². The number of aromatic nitrogens is 3. The highest BCUT2D eigenvalue weighted by atomic mass is 79.9. The van der Waals surface area contributed by atoms with Crippen LogP contribution in [-0.2, 0) is 20.0 Å². The first-order valence-corrected chi connectivity index (χ1v) is 6.79. The second kappa shape index (κ2) is 5.97. The Morgan fingerprint density at radius 3 is 2.95 bits per heavy atom.